The summed E-state index contributed by atoms with van der Waals surface area (Å²) in [5.41, 5.74) is 1.35. The maximum absolute atomic E-state index is 4.40. The number of anilines is 1. The van der Waals surface area contributed by atoms with Crippen molar-refractivity contribution in [3.05, 3.63) is 36.4 Å². The molecule has 2 saturated heterocycles. The van der Waals surface area contributed by atoms with E-state index in [1.165, 1.54) is 37.9 Å². The third-order valence-corrected chi connectivity index (χ3v) is 5.77. The zero-order valence-electron chi connectivity index (χ0n) is 15.1. The molecule has 0 aliphatic carbocycles. The van der Waals surface area contributed by atoms with Gasteiger partial charge in [-0.1, -0.05) is 0 Å². The molecule has 0 bridgehead atoms. The molecule has 4 heterocycles. The van der Waals surface area contributed by atoms with Gasteiger partial charge in [-0.05, 0) is 50.6 Å². The molecule has 0 aromatic carbocycles. The van der Waals surface area contributed by atoms with Crippen LogP contribution in [-0.2, 0) is 13.1 Å². The minimum Gasteiger partial charge on any atom is -0.341 e. The highest BCUT2D eigenvalue weighted by Gasteiger charge is 2.32. The van der Waals surface area contributed by atoms with Crippen molar-refractivity contribution in [2.75, 3.05) is 31.1 Å². The smallest absolute Gasteiger partial charge is 0.225 e. The number of hydrogen-bond donors (Lipinski definition) is 0. The second kappa shape index (κ2) is 7.52. The molecular weight excluding hydrogens is 312 g/mol. The highest BCUT2D eigenvalue weighted by Crippen LogP contribution is 2.33. The van der Waals surface area contributed by atoms with E-state index in [2.05, 4.69) is 38.0 Å². The first kappa shape index (κ1) is 16.5. The molecule has 6 heteroatoms. The van der Waals surface area contributed by atoms with Gasteiger partial charge in [0.1, 0.15) is 0 Å². The molecule has 0 saturated carbocycles. The number of hydrogen-bond acceptors (Lipinski definition) is 5. The van der Waals surface area contributed by atoms with Crippen molar-refractivity contribution >= 4 is 5.95 Å². The predicted molar refractivity (Wildman–Crippen MR) is 98.3 cm³/mol. The molecule has 0 radical (unpaired) electrons. The van der Waals surface area contributed by atoms with E-state index in [4.69, 9.17) is 0 Å². The fraction of sp³-hybridized carbons (Fsp3) is 0.632. The number of piperidine rings is 1. The van der Waals surface area contributed by atoms with E-state index in [1.807, 2.05) is 29.3 Å². The van der Waals surface area contributed by atoms with Gasteiger partial charge in [-0.15, -0.1) is 0 Å². The third kappa shape index (κ3) is 3.84. The maximum atomic E-state index is 4.40. The second-order valence-corrected chi connectivity index (χ2v) is 7.36. The van der Waals surface area contributed by atoms with Gasteiger partial charge in [0, 0.05) is 56.9 Å². The van der Waals surface area contributed by atoms with E-state index in [0.29, 0.717) is 0 Å². The molecule has 1 atom stereocenters. The molecule has 0 unspecified atom stereocenters. The van der Waals surface area contributed by atoms with E-state index >= 15 is 0 Å². The monoisotopic (exact) mass is 340 g/mol. The molecule has 2 aromatic heterocycles. The quantitative estimate of drug-likeness (QED) is 0.837. The average Bonchev–Trinajstić information content (AvgIpc) is 3.32. The number of rotatable bonds is 5. The van der Waals surface area contributed by atoms with Crippen LogP contribution in [0.4, 0.5) is 5.95 Å². The summed E-state index contributed by atoms with van der Waals surface area (Å²) in [6, 6.07) is 1.88. The summed E-state index contributed by atoms with van der Waals surface area (Å²) in [6.45, 7) is 8.78. The Morgan fingerprint density at radius 3 is 2.52 bits per heavy atom. The van der Waals surface area contributed by atoms with Gasteiger partial charge in [0.25, 0.3) is 0 Å². The van der Waals surface area contributed by atoms with Crippen LogP contribution in [-0.4, -0.2) is 50.8 Å². The summed E-state index contributed by atoms with van der Waals surface area (Å²) in [5.74, 6) is 2.59. The summed E-state index contributed by atoms with van der Waals surface area (Å²) in [6.07, 6.45) is 11.8. The Hall–Kier alpha value is -1.95. The Morgan fingerprint density at radius 2 is 1.80 bits per heavy atom. The lowest BCUT2D eigenvalue weighted by molar-refractivity contribution is 0.252. The van der Waals surface area contributed by atoms with Crippen LogP contribution >= 0.6 is 0 Å². The van der Waals surface area contributed by atoms with Crippen molar-refractivity contribution in [1.82, 2.24) is 24.6 Å². The highest BCUT2D eigenvalue weighted by molar-refractivity contribution is 5.28. The Bertz CT molecular complexity index is 662. The summed E-state index contributed by atoms with van der Waals surface area (Å²) in [5, 5.41) is 4.40. The van der Waals surface area contributed by atoms with Crippen molar-refractivity contribution < 1.29 is 0 Å². The van der Waals surface area contributed by atoms with Crippen LogP contribution in [0.2, 0.25) is 0 Å². The van der Waals surface area contributed by atoms with E-state index < -0.39 is 0 Å². The van der Waals surface area contributed by atoms with Crippen molar-refractivity contribution in [1.29, 1.82) is 0 Å². The summed E-state index contributed by atoms with van der Waals surface area (Å²) in [4.78, 5) is 13.7. The average molecular weight is 340 g/mol. The van der Waals surface area contributed by atoms with Crippen molar-refractivity contribution in [3.63, 3.8) is 0 Å². The second-order valence-electron chi connectivity index (χ2n) is 7.36. The van der Waals surface area contributed by atoms with E-state index in [0.717, 1.165) is 44.0 Å². The Labute approximate surface area is 149 Å². The van der Waals surface area contributed by atoms with Crippen LogP contribution in [0.15, 0.2) is 30.9 Å². The lowest BCUT2D eigenvalue weighted by Crippen LogP contribution is -2.37. The molecule has 2 aliphatic rings. The van der Waals surface area contributed by atoms with Crippen LogP contribution in [0, 0.1) is 11.8 Å². The third-order valence-electron chi connectivity index (χ3n) is 5.77. The maximum Gasteiger partial charge on any atom is 0.225 e. The summed E-state index contributed by atoms with van der Waals surface area (Å²) < 4.78 is 2.02. The van der Waals surface area contributed by atoms with Crippen LogP contribution in [0.5, 0.6) is 0 Å². The van der Waals surface area contributed by atoms with Gasteiger partial charge in [-0.2, -0.15) is 5.10 Å². The van der Waals surface area contributed by atoms with Gasteiger partial charge in [0.2, 0.25) is 5.95 Å². The van der Waals surface area contributed by atoms with Gasteiger partial charge in [-0.25, -0.2) is 9.97 Å². The molecule has 4 rings (SSSR count). The van der Waals surface area contributed by atoms with Crippen molar-refractivity contribution in [3.8, 4) is 0 Å². The van der Waals surface area contributed by atoms with Crippen LogP contribution in [0.25, 0.3) is 0 Å². The molecule has 0 spiro atoms. The fourth-order valence-corrected chi connectivity index (χ4v) is 4.34. The molecule has 2 aliphatic heterocycles. The lowest BCUT2D eigenvalue weighted by atomic mass is 9.84. The number of nitrogens with zero attached hydrogens (tertiary/aromatic N) is 6. The molecular formula is C19H28N6. The van der Waals surface area contributed by atoms with Gasteiger partial charge in [0.15, 0.2) is 0 Å². The van der Waals surface area contributed by atoms with Crippen molar-refractivity contribution in [2.45, 2.75) is 39.3 Å². The molecule has 25 heavy (non-hydrogen) atoms. The topological polar surface area (TPSA) is 50.1 Å². The number of aromatic nitrogens is 4. The fourth-order valence-electron chi connectivity index (χ4n) is 4.34. The minimum absolute atomic E-state index is 0.847. The number of aryl methyl sites for hydroxylation is 1. The first-order valence-electron chi connectivity index (χ1n) is 9.57. The van der Waals surface area contributed by atoms with E-state index in [9.17, 15) is 0 Å². The standard InChI is InChI=1S/C19H28N6/c1-2-25-14-16(12-22-25)13-23-9-4-18(15-23)17-5-10-24(11-6-17)19-20-7-3-8-21-19/h3,7-8,12,14,17-18H,2,4-6,9-11,13,15H2,1H3/t18-/m0/s1. The molecule has 6 nitrogen and oxygen atoms in total. The predicted octanol–water partition coefficient (Wildman–Crippen LogP) is 2.43. The SMILES string of the molecule is CCn1cc(CN2CC[C@H](C3CCN(c4ncccn4)CC3)C2)cn1. The number of likely N-dealkylation sites (tertiary alicyclic amines) is 1. The van der Waals surface area contributed by atoms with Gasteiger partial charge < -0.3 is 4.90 Å². The van der Waals surface area contributed by atoms with Crippen LogP contribution in [0.1, 0.15) is 31.7 Å². The lowest BCUT2D eigenvalue weighted by Gasteiger charge is -2.34. The summed E-state index contributed by atoms with van der Waals surface area (Å²) in [7, 11) is 0. The van der Waals surface area contributed by atoms with Gasteiger partial charge >= 0.3 is 0 Å². The zero-order valence-corrected chi connectivity index (χ0v) is 15.1. The molecule has 0 amide bonds. The summed E-state index contributed by atoms with van der Waals surface area (Å²) >= 11 is 0. The van der Waals surface area contributed by atoms with E-state index in [-0.39, 0.29) is 0 Å². The zero-order chi connectivity index (χ0) is 17.1. The normalized spacial score (nSPS) is 22.6. The highest BCUT2D eigenvalue weighted by atomic mass is 15.3. The Morgan fingerprint density at radius 1 is 1.04 bits per heavy atom. The molecule has 2 aromatic rings. The minimum atomic E-state index is 0.847. The van der Waals surface area contributed by atoms with Crippen LogP contribution in [0.3, 0.4) is 0 Å². The molecule has 134 valence electrons. The Kier molecular flexibility index (Phi) is 4.97. The molecule has 2 fully saturated rings. The van der Waals surface area contributed by atoms with Gasteiger partial charge in [-0.3, -0.25) is 9.58 Å². The van der Waals surface area contributed by atoms with Crippen molar-refractivity contribution in [2.24, 2.45) is 11.8 Å². The molecule has 0 N–H and O–H groups in total. The first-order chi connectivity index (χ1) is 12.3. The first-order valence-corrected chi connectivity index (χ1v) is 9.57. The van der Waals surface area contributed by atoms with Gasteiger partial charge in [0.05, 0.1) is 6.20 Å². The van der Waals surface area contributed by atoms with E-state index in [1.54, 1.807) is 0 Å². The Balaban J connectivity index is 1.27. The largest absolute Gasteiger partial charge is 0.341 e. The van der Waals surface area contributed by atoms with Crippen LogP contribution < -0.4 is 4.90 Å².